The Balaban J connectivity index is 2.43. The van der Waals surface area contributed by atoms with Gasteiger partial charge < -0.3 is 10.7 Å². The van der Waals surface area contributed by atoms with Crippen molar-refractivity contribution in [3.8, 4) is 0 Å². The van der Waals surface area contributed by atoms with Gasteiger partial charge in [0.25, 0.3) is 0 Å². The fourth-order valence-corrected chi connectivity index (χ4v) is 1.88. The molecule has 0 bridgehead atoms. The molecule has 16 heavy (non-hydrogen) atoms. The minimum atomic E-state index is -0.00296. The average molecular weight is 217 g/mol. The van der Waals surface area contributed by atoms with Gasteiger partial charge in [-0.15, -0.1) is 0 Å². The number of benzene rings is 1. The van der Waals surface area contributed by atoms with Crippen LogP contribution in [0.25, 0.3) is 11.0 Å². The van der Waals surface area contributed by atoms with E-state index >= 15 is 0 Å². The van der Waals surface area contributed by atoms with Crippen molar-refractivity contribution in [2.24, 2.45) is 11.7 Å². The molecule has 2 rings (SSSR count). The first kappa shape index (κ1) is 11.1. The largest absolute Gasteiger partial charge is 0.341 e. The predicted octanol–water partition coefficient (Wildman–Crippen LogP) is 2.92. The molecule has 0 aliphatic carbocycles. The molecule has 3 N–H and O–H groups in total. The second-order valence-electron chi connectivity index (χ2n) is 4.50. The zero-order valence-corrected chi connectivity index (χ0v) is 10.1. The molecule has 0 amide bonds. The number of hydrogen-bond acceptors (Lipinski definition) is 2. The van der Waals surface area contributed by atoms with Crippen molar-refractivity contribution in [1.82, 2.24) is 9.97 Å². The highest BCUT2D eigenvalue weighted by molar-refractivity contribution is 5.78. The lowest BCUT2D eigenvalue weighted by atomic mass is 10.00. The fourth-order valence-electron chi connectivity index (χ4n) is 1.88. The van der Waals surface area contributed by atoms with E-state index in [9.17, 15) is 0 Å². The predicted molar refractivity (Wildman–Crippen MR) is 67.2 cm³/mol. The summed E-state index contributed by atoms with van der Waals surface area (Å²) >= 11 is 0. The van der Waals surface area contributed by atoms with Crippen molar-refractivity contribution in [1.29, 1.82) is 0 Å². The van der Waals surface area contributed by atoms with Crippen LogP contribution in [0.15, 0.2) is 18.2 Å². The van der Waals surface area contributed by atoms with Crippen LogP contribution in [0, 0.1) is 12.8 Å². The number of hydrogen-bond donors (Lipinski definition) is 2. The minimum absolute atomic E-state index is 0.00296. The smallest absolute Gasteiger partial charge is 0.124 e. The highest BCUT2D eigenvalue weighted by Gasteiger charge is 2.17. The summed E-state index contributed by atoms with van der Waals surface area (Å²) in [4.78, 5) is 7.92. The van der Waals surface area contributed by atoms with Crippen molar-refractivity contribution in [2.45, 2.75) is 33.2 Å². The van der Waals surface area contributed by atoms with E-state index in [1.165, 1.54) is 5.56 Å². The molecule has 3 nitrogen and oxygen atoms in total. The molecule has 0 fully saturated rings. The molecule has 0 radical (unpaired) electrons. The van der Waals surface area contributed by atoms with Crippen molar-refractivity contribution in [2.75, 3.05) is 0 Å². The van der Waals surface area contributed by atoms with Crippen LogP contribution < -0.4 is 5.73 Å². The summed E-state index contributed by atoms with van der Waals surface area (Å²) in [5, 5.41) is 0. The van der Waals surface area contributed by atoms with Gasteiger partial charge in [-0.2, -0.15) is 0 Å². The third kappa shape index (κ3) is 1.83. The first-order chi connectivity index (χ1) is 7.63. The number of aromatic nitrogens is 2. The summed E-state index contributed by atoms with van der Waals surface area (Å²) in [7, 11) is 0. The summed E-state index contributed by atoms with van der Waals surface area (Å²) in [6, 6.07) is 6.15. The van der Waals surface area contributed by atoms with Gasteiger partial charge in [0.2, 0.25) is 0 Å². The maximum atomic E-state index is 6.17. The van der Waals surface area contributed by atoms with Crippen LogP contribution in [0.4, 0.5) is 0 Å². The summed E-state index contributed by atoms with van der Waals surface area (Å²) in [6.07, 6.45) is 1.07. The molecule has 2 atom stereocenters. The van der Waals surface area contributed by atoms with Crippen LogP contribution >= 0.6 is 0 Å². The zero-order chi connectivity index (χ0) is 11.7. The number of rotatable bonds is 3. The first-order valence-electron chi connectivity index (χ1n) is 5.84. The van der Waals surface area contributed by atoms with Crippen LogP contribution in [0.2, 0.25) is 0 Å². The Hall–Kier alpha value is -1.35. The molecule has 1 heterocycles. The molecule has 0 saturated carbocycles. The third-order valence-electron chi connectivity index (χ3n) is 3.31. The Labute approximate surface area is 96.1 Å². The molecule has 2 aromatic rings. The van der Waals surface area contributed by atoms with Crippen molar-refractivity contribution in [3.05, 3.63) is 29.6 Å². The van der Waals surface area contributed by atoms with Gasteiger partial charge in [0, 0.05) is 0 Å². The van der Waals surface area contributed by atoms with Crippen molar-refractivity contribution >= 4 is 11.0 Å². The van der Waals surface area contributed by atoms with Gasteiger partial charge in [-0.05, 0) is 24.5 Å². The first-order valence-corrected chi connectivity index (χ1v) is 5.84. The molecule has 0 aliphatic rings. The van der Waals surface area contributed by atoms with Crippen molar-refractivity contribution < 1.29 is 0 Å². The van der Waals surface area contributed by atoms with E-state index in [1.54, 1.807) is 0 Å². The average Bonchev–Trinajstić information content (AvgIpc) is 2.72. The summed E-state index contributed by atoms with van der Waals surface area (Å²) in [5.74, 6) is 1.35. The third-order valence-corrected chi connectivity index (χ3v) is 3.31. The minimum Gasteiger partial charge on any atom is -0.341 e. The molecular weight excluding hydrogens is 198 g/mol. The molecule has 1 aromatic heterocycles. The number of fused-ring (bicyclic) bond motifs is 1. The molecule has 0 saturated heterocycles. The number of para-hydroxylation sites is 1. The Kier molecular flexibility index (Phi) is 2.97. The van der Waals surface area contributed by atoms with Crippen LogP contribution in [0.3, 0.4) is 0 Å². The van der Waals surface area contributed by atoms with Crippen LogP contribution in [0.1, 0.15) is 37.7 Å². The fraction of sp³-hybridized carbons (Fsp3) is 0.462. The lowest BCUT2D eigenvalue weighted by molar-refractivity contribution is 0.442. The highest BCUT2D eigenvalue weighted by Crippen LogP contribution is 2.23. The Bertz CT molecular complexity index is 487. The van der Waals surface area contributed by atoms with Gasteiger partial charge >= 0.3 is 0 Å². The number of nitrogens with two attached hydrogens (primary N) is 1. The molecule has 1 aromatic carbocycles. The second kappa shape index (κ2) is 4.26. The summed E-state index contributed by atoms with van der Waals surface area (Å²) < 4.78 is 0. The molecule has 0 aliphatic heterocycles. The molecule has 0 spiro atoms. The van der Waals surface area contributed by atoms with Gasteiger partial charge in [0.15, 0.2) is 0 Å². The second-order valence-corrected chi connectivity index (χ2v) is 4.50. The standard InChI is InChI=1S/C13H19N3/c1-4-8(2)11(14)13-15-10-7-5-6-9(3)12(10)16-13/h5-8,11H,4,14H2,1-3H3,(H,15,16)/t8-,11+/m0/s1. The lowest BCUT2D eigenvalue weighted by Crippen LogP contribution is -2.19. The van der Waals surface area contributed by atoms with E-state index in [0.717, 1.165) is 23.3 Å². The van der Waals surface area contributed by atoms with Crippen LogP contribution in [0.5, 0.6) is 0 Å². The molecular formula is C13H19N3. The number of nitrogens with zero attached hydrogens (tertiary/aromatic N) is 1. The number of H-pyrrole nitrogens is 1. The molecule has 3 heteroatoms. The highest BCUT2D eigenvalue weighted by atomic mass is 15.0. The maximum absolute atomic E-state index is 6.17. The van der Waals surface area contributed by atoms with E-state index < -0.39 is 0 Å². The van der Waals surface area contributed by atoms with Gasteiger partial charge in [-0.25, -0.2) is 4.98 Å². The Morgan fingerprint density at radius 3 is 2.81 bits per heavy atom. The number of aromatic amines is 1. The summed E-state index contributed by atoms with van der Waals surface area (Å²) in [5.41, 5.74) is 9.48. The Morgan fingerprint density at radius 1 is 1.44 bits per heavy atom. The van der Waals surface area contributed by atoms with E-state index in [-0.39, 0.29) is 6.04 Å². The van der Waals surface area contributed by atoms with E-state index in [2.05, 4.69) is 36.8 Å². The van der Waals surface area contributed by atoms with Gasteiger partial charge in [-0.3, -0.25) is 0 Å². The van der Waals surface area contributed by atoms with E-state index in [4.69, 9.17) is 5.73 Å². The van der Waals surface area contributed by atoms with Crippen molar-refractivity contribution in [3.63, 3.8) is 0 Å². The quantitative estimate of drug-likeness (QED) is 0.830. The molecule has 86 valence electrons. The topological polar surface area (TPSA) is 54.7 Å². The van der Waals surface area contributed by atoms with Crippen LogP contribution in [-0.4, -0.2) is 9.97 Å². The lowest BCUT2D eigenvalue weighted by Gasteiger charge is -2.15. The Morgan fingerprint density at radius 2 is 2.19 bits per heavy atom. The maximum Gasteiger partial charge on any atom is 0.124 e. The van der Waals surface area contributed by atoms with Gasteiger partial charge in [0.1, 0.15) is 5.82 Å². The summed E-state index contributed by atoms with van der Waals surface area (Å²) in [6.45, 7) is 6.38. The van der Waals surface area contributed by atoms with Crippen LogP contribution in [-0.2, 0) is 0 Å². The normalized spacial score (nSPS) is 15.2. The molecule has 0 unspecified atom stereocenters. The van der Waals surface area contributed by atoms with Gasteiger partial charge in [-0.1, -0.05) is 32.4 Å². The SMILES string of the molecule is CC[C@H](C)[C@@H](N)c1nc2c(C)cccc2[nH]1. The van der Waals surface area contributed by atoms with E-state index in [1.807, 2.05) is 12.1 Å². The number of nitrogens with one attached hydrogen (secondary N) is 1. The zero-order valence-electron chi connectivity index (χ0n) is 10.1. The monoisotopic (exact) mass is 217 g/mol. The van der Waals surface area contributed by atoms with E-state index in [0.29, 0.717) is 5.92 Å². The van der Waals surface area contributed by atoms with Gasteiger partial charge in [0.05, 0.1) is 17.1 Å². The number of aryl methyl sites for hydroxylation is 1. The number of imidazole rings is 1.